The van der Waals surface area contributed by atoms with Crippen molar-refractivity contribution in [3.8, 4) is 5.75 Å². The van der Waals surface area contributed by atoms with E-state index in [1.807, 2.05) is 6.92 Å². The van der Waals surface area contributed by atoms with E-state index in [9.17, 15) is 13.2 Å². The zero-order valence-electron chi connectivity index (χ0n) is 16.8. The number of halogens is 2. The predicted molar refractivity (Wildman–Crippen MR) is 121 cm³/mol. The molecule has 6 nitrogen and oxygen atoms in total. The Bertz CT molecular complexity index is 1020. The topological polar surface area (TPSA) is 75.7 Å². The van der Waals surface area contributed by atoms with E-state index >= 15 is 0 Å². The molecule has 1 aromatic carbocycles. The molecule has 1 N–H and O–H groups in total. The average Bonchev–Trinajstić information content (AvgIpc) is 3.20. The van der Waals surface area contributed by atoms with E-state index in [1.54, 1.807) is 18.2 Å². The van der Waals surface area contributed by atoms with Crippen LogP contribution in [0, 0.1) is 6.92 Å². The van der Waals surface area contributed by atoms with Gasteiger partial charge in [0.25, 0.3) is 5.91 Å². The Labute approximate surface area is 191 Å². The molecule has 30 heavy (non-hydrogen) atoms. The number of piperidine rings is 1. The predicted octanol–water partition coefficient (Wildman–Crippen LogP) is 4.04. The standard InChI is InChI=1S/C20H24Cl2N2O4S2/c1-13-15(21)3-4-16(19(13)22)28-14-7-10-24(11-8-14)12-9-23-20(25)17-5-6-18(29-17)30(2,26)27/h3-6,14H,7-12H2,1-2H3,(H,23,25). The van der Waals surface area contributed by atoms with E-state index in [0.717, 1.165) is 55.6 Å². The lowest BCUT2D eigenvalue weighted by Crippen LogP contribution is -2.42. The van der Waals surface area contributed by atoms with Gasteiger partial charge in [-0.1, -0.05) is 23.2 Å². The highest BCUT2D eigenvalue weighted by Crippen LogP contribution is 2.34. The number of ether oxygens (including phenoxy) is 1. The molecular formula is C20H24Cl2N2O4S2. The molecule has 3 rings (SSSR count). The number of hydrogen-bond donors (Lipinski definition) is 1. The van der Waals surface area contributed by atoms with Crippen molar-refractivity contribution in [3.05, 3.63) is 44.8 Å². The Morgan fingerprint density at radius 1 is 1.23 bits per heavy atom. The summed E-state index contributed by atoms with van der Waals surface area (Å²) < 4.78 is 29.3. The van der Waals surface area contributed by atoms with Gasteiger partial charge in [0, 0.05) is 37.5 Å². The number of sulfone groups is 1. The van der Waals surface area contributed by atoms with Gasteiger partial charge in [0.05, 0.1) is 9.90 Å². The maximum atomic E-state index is 12.2. The number of rotatable bonds is 7. The molecule has 1 fully saturated rings. The summed E-state index contributed by atoms with van der Waals surface area (Å²) in [6.07, 6.45) is 2.97. The van der Waals surface area contributed by atoms with Crippen molar-refractivity contribution in [3.63, 3.8) is 0 Å². The van der Waals surface area contributed by atoms with Gasteiger partial charge in [-0.3, -0.25) is 4.79 Å². The number of carbonyl (C=O) groups is 1. The van der Waals surface area contributed by atoms with Crippen molar-refractivity contribution < 1.29 is 17.9 Å². The van der Waals surface area contributed by atoms with Crippen LogP contribution >= 0.6 is 34.5 Å². The summed E-state index contributed by atoms with van der Waals surface area (Å²) in [5.74, 6) is 0.412. The first kappa shape index (κ1) is 23.3. The molecule has 0 bridgehead atoms. The van der Waals surface area contributed by atoms with Gasteiger partial charge in [-0.15, -0.1) is 11.3 Å². The maximum Gasteiger partial charge on any atom is 0.261 e. The molecule has 1 aliphatic heterocycles. The van der Waals surface area contributed by atoms with Crippen molar-refractivity contribution in [2.24, 2.45) is 0 Å². The summed E-state index contributed by atoms with van der Waals surface area (Å²) in [4.78, 5) is 14.9. The fraction of sp³-hybridized carbons (Fsp3) is 0.450. The first-order valence-corrected chi connectivity index (χ1v) is 13.0. The van der Waals surface area contributed by atoms with Crippen LogP contribution in [0.5, 0.6) is 5.75 Å². The second-order valence-electron chi connectivity index (χ2n) is 7.29. The quantitative estimate of drug-likeness (QED) is 0.633. The fourth-order valence-corrected chi connectivity index (χ4v) is 5.47. The van der Waals surface area contributed by atoms with E-state index in [0.29, 0.717) is 27.2 Å². The SMILES string of the molecule is Cc1c(Cl)ccc(OC2CCN(CCNC(=O)c3ccc(S(C)(=O)=O)s3)CC2)c1Cl. The van der Waals surface area contributed by atoms with Crippen LogP contribution in [0.25, 0.3) is 0 Å². The lowest BCUT2D eigenvalue weighted by molar-refractivity contribution is 0.0908. The molecule has 0 atom stereocenters. The number of thiophene rings is 1. The minimum atomic E-state index is -3.28. The molecule has 164 valence electrons. The number of carbonyl (C=O) groups excluding carboxylic acids is 1. The number of nitrogens with zero attached hydrogens (tertiary/aromatic N) is 1. The Balaban J connectivity index is 1.41. The van der Waals surface area contributed by atoms with Gasteiger partial charge in [-0.2, -0.15) is 0 Å². The van der Waals surface area contributed by atoms with Crippen LogP contribution < -0.4 is 10.1 Å². The van der Waals surface area contributed by atoms with E-state index in [-0.39, 0.29) is 16.2 Å². The van der Waals surface area contributed by atoms with E-state index < -0.39 is 9.84 Å². The normalized spacial score (nSPS) is 15.9. The molecular weight excluding hydrogens is 467 g/mol. The fourth-order valence-electron chi connectivity index (χ4n) is 3.21. The molecule has 10 heteroatoms. The van der Waals surface area contributed by atoms with E-state index in [2.05, 4.69) is 10.2 Å². The maximum absolute atomic E-state index is 12.2. The van der Waals surface area contributed by atoms with E-state index in [4.69, 9.17) is 27.9 Å². The lowest BCUT2D eigenvalue weighted by Gasteiger charge is -2.32. The smallest absolute Gasteiger partial charge is 0.261 e. The summed E-state index contributed by atoms with van der Waals surface area (Å²) in [5.41, 5.74) is 0.818. The highest BCUT2D eigenvalue weighted by atomic mass is 35.5. The summed E-state index contributed by atoms with van der Waals surface area (Å²) in [7, 11) is -3.28. The van der Waals surface area contributed by atoms with Crippen LogP contribution in [-0.4, -0.2) is 57.8 Å². The summed E-state index contributed by atoms with van der Waals surface area (Å²) in [6, 6.07) is 6.61. The van der Waals surface area contributed by atoms with Gasteiger partial charge in [-0.25, -0.2) is 8.42 Å². The molecule has 2 aromatic rings. The van der Waals surface area contributed by atoms with Gasteiger partial charge < -0.3 is 15.0 Å². The number of hydrogen-bond acceptors (Lipinski definition) is 6. The van der Waals surface area contributed by atoms with Crippen molar-refractivity contribution in [1.29, 1.82) is 0 Å². The van der Waals surface area contributed by atoms with Crippen molar-refractivity contribution in [1.82, 2.24) is 10.2 Å². The van der Waals surface area contributed by atoms with Gasteiger partial charge >= 0.3 is 0 Å². The monoisotopic (exact) mass is 490 g/mol. The summed E-state index contributed by atoms with van der Waals surface area (Å²) >= 11 is 13.4. The van der Waals surface area contributed by atoms with Crippen molar-refractivity contribution in [2.75, 3.05) is 32.4 Å². The third kappa shape index (κ3) is 5.88. The molecule has 1 aliphatic rings. The molecule has 0 radical (unpaired) electrons. The molecule has 1 aromatic heterocycles. The largest absolute Gasteiger partial charge is 0.489 e. The number of likely N-dealkylation sites (tertiary alicyclic amines) is 1. The third-order valence-electron chi connectivity index (χ3n) is 5.00. The van der Waals surface area contributed by atoms with Crippen LogP contribution in [0.4, 0.5) is 0 Å². The summed E-state index contributed by atoms with van der Waals surface area (Å²) in [5, 5.41) is 4.03. The molecule has 0 saturated carbocycles. The molecule has 0 aliphatic carbocycles. The Hall–Kier alpha value is -1.32. The second kappa shape index (κ2) is 9.87. The third-order valence-corrected chi connectivity index (χ3v) is 8.78. The number of amides is 1. The highest BCUT2D eigenvalue weighted by Gasteiger charge is 2.22. The Kier molecular flexibility index (Phi) is 7.68. The van der Waals surface area contributed by atoms with Crippen LogP contribution in [0.2, 0.25) is 10.0 Å². The minimum absolute atomic E-state index is 0.0921. The zero-order valence-corrected chi connectivity index (χ0v) is 19.9. The Morgan fingerprint density at radius 3 is 2.57 bits per heavy atom. The van der Waals surface area contributed by atoms with Crippen LogP contribution in [0.1, 0.15) is 28.1 Å². The number of nitrogens with one attached hydrogen (secondary N) is 1. The van der Waals surface area contributed by atoms with Gasteiger partial charge in [0.2, 0.25) is 0 Å². The average molecular weight is 491 g/mol. The minimum Gasteiger partial charge on any atom is -0.489 e. The molecule has 0 spiro atoms. The van der Waals surface area contributed by atoms with E-state index in [1.165, 1.54) is 6.07 Å². The zero-order chi connectivity index (χ0) is 21.9. The Morgan fingerprint density at radius 2 is 1.93 bits per heavy atom. The van der Waals surface area contributed by atoms with Gasteiger partial charge in [0.1, 0.15) is 16.1 Å². The van der Waals surface area contributed by atoms with Crippen LogP contribution in [0.3, 0.4) is 0 Å². The highest BCUT2D eigenvalue weighted by molar-refractivity contribution is 7.92. The van der Waals surface area contributed by atoms with Gasteiger partial charge in [-0.05, 0) is 49.6 Å². The number of benzene rings is 1. The van der Waals surface area contributed by atoms with Crippen molar-refractivity contribution >= 4 is 50.3 Å². The van der Waals surface area contributed by atoms with Crippen LogP contribution in [-0.2, 0) is 9.84 Å². The first-order valence-electron chi connectivity index (χ1n) is 9.57. The molecule has 1 saturated heterocycles. The molecule has 2 heterocycles. The summed E-state index contributed by atoms with van der Waals surface area (Å²) in [6.45, 7) is 4.82. The molecule has 1 amide bonds. The lowest BCUT2D eigenvalue weighted by atomic mass is 10.1. The van der Waals surface area contributed by atoms with Crippen molar-refractivity contribution in [2.45, 2.75) is 30.1 Å². The first-order chi connectivity index (χ1) is 14.1. The molecule has 0 unspecified atom stereocenters. The second-order valence-corrected chi connectivity index (χ2v) is 11.4. The van der Waals surface area contributed by atoms with Gasteiger partial charge in [0.15, 0.2) is 9.84 Å². The van der Waals surface area contributed by atoms with Crippen LogP contribution in [0.15, 0.2) is 28.5 Å².